The summed E-state index contributed by atoms with van der Waals surface area (Å²) in [7, 11) is 0. The molecule has 1 N–H and O–H groups in total. The van der Waals surface area contributed by atoms with Gasteiger partial charge in [-0.1, -0.05) is 46.8 Å². The first-order chi connectivity index (χ1) is 9.14. The highest BCUT2D eigenvalue weighted by molar-refractivity contribution is 5.35. The van der Waals surface area contributed by atoms with Crippen LogP contribution in [0.1, 0.15) is 57.4 Å². The number of hydrogen-bond acceptors (Lipinski definition) is 1. The minimum Gasteiger partial charge on any atom is -0.310 e. The van der Waals surface area contributed by atoms with Crippen LogP contribution >= 0.6 is 0 Å². The Morgan fingerprint density at radius 3 is 1.90 bits per heavy atom. The maximum Gasteiger partial charge on any atom is 0.129 e. The highest BCUT2D eigenvalue weighted by atomic mass is 19.1. The molecule has 0 heterocycles. The van der Waals surface area contributed by atoms with Crippen molar-refractivity contribution >= 4 is 0 Å². The van der Waals surface area contributed by atoms with Gasteiger partial charge in [0.25, 0.3) is 0 Å². The molecule has 112 valence electrons. The van der Waals surface area contributed by atoms with Crippen molar-refractivity contribution in [3.63, 3.8) is 0 Å². The zero-order valence-electron chi connectivity index (χ0n) is 13.9. The Hall–Kier alpha value is -0.890. The van der Waals surface area contributed by atoms with Crippen molar-refractivity contribution in [3.05, 3.63) is 34.6 Å². The monoisotopic (exact) mass is 277 g/mol. The van der Waals surface area contributed by atoms with E-state index in [0.29, 0.717) is 22.8 Å². The fourth-order valence-corrected chi connectivity index (χ4v) is 3.89. The van der Waals surface area contributed by atoms with Gasteiger partial charge in [0, 0.05) is 6.04 Å². The van der Waals surface area contributed by atoms with Gasteiger partial charge in [-0.3, -0.25) is 0 Å². The first-order valence-electron chi connectivity index (χ1n) is 7.64. The molecular formula is C18H28FN. The molecule has 1 aromatic rings. The van der Waals surface area contributed by atoms with E-state index >= 15 is 0 Å². The van der Waals surface area contributed by atoms with Crippen molar-refractivity contribution in [2.45, 2.75) is 54.5 Å². The minimum absolute atomic E-state index is 0.0710. The average Bonchev–Trinajstić information content (AvgIpc) is 2.74. The minimum atomic E-state index is -0.0710. The maximum absolute atomic E-state index is 13.9. The van der Waals surface area contributed by atoms with Crippen LogP contribution in [0.2, 0.25) is 0 Å². The molecule has 0 spiro atoms. The van der Waals surface area contributed by atoms with Gasteiger partial charge in [-0.25, -0.2) is 4.39 Å². The van der Waals surface area contributed by atoms with E-state index in [4.69, 9.17) is 0 Å². The first-order valence-corrected chi connectivity index (χ1v) is 7.64. The lowest BCUT2D eigenvalue weighted by atomic mass is 9.93. The van der Waals surface area contributed by atoms with Crippen molar-refractivity contribution in [2.75, 3.05) is 6.54 Å². The summed E-state index contributed by atoms with van der Waals surface area (Å²) in [5.74, 6) is 0.512. The molecule has 20 heavy (non-hydrogen) atoms. The van der Waals surface area contributed by atoms with E-state index in [9.17, 15) is 4.39 Å². The fourth-order valence-electron chi connectivity index (χ4n) is 3.89. The summed E-state index contributed by atoms with van der Waals surface area (Å²) in [5, 5.41) is 3.62. The summed E-state index contributed by atoms with van der Waals surface area (Å²) in [5.41, 5.74) is 3.36. The Morgan fingerprint density at radius 1 is 1.10 bits per heavy atom. The molecule has 0 amide bonds. The molecule has 1 atom stereocenters. The molecular weight excluding hydrogens is 249 g/mol. The summed E-state index contributed by atoms with van der Waals surface area (Å²) in [4.78, 5) is 0. The largest absolute Gasteiger partial charge is 0.310 e. The number of benzene rings is 1. The zero-order valence-corrected chi connectivity index (χ0v) is 13.9. The van der Waals surface area contributed by atoms with Crippen LogP contribution in [0.4, 0.5) is 4.39 Å². The highest BCUT2D eigenvalue weighted by Crippen LogP contribution is 2.72. The quantitative estimate of drug-likeness (QED) is 0.835. The third-order valence-corrected chi connectivity index (χ3v) is 5.71. The molecule has 0 aromatic heterocycles. The van der Waals surface area contributed by atoms with Gasteiger partial charge in [0.15, 0.2) is 0 Å². The Labute approximate surface area is 123 Å². The third kappa shape index (κ3) is 2.18. The van der Waals surface area contributed by atoms with Gasteiger partial charge >= 0.3 is 0 Å². The van der Waals surface area contributed by atoms with Gasteiger partial charge < -0.3 is 5.32 Å². The first kappa shape index (κ1) is 15.5. The summed E-state index contributed by atoms with van der Waals surface area (Å²) < 4.78 is 13.9. The Balaban J connectivity index is 2.41. The zero-order chi connectivity index (χ0) is 15.3. The Bertz CT molecular complexity index is 479. The predicted octanol–water partition coefficient (Wildman–Crippen LogP) is 4.78. The van der Waals surface area contributed by atoms with Crippen LogP contribution in [0.3, 0.4) is 0 Å². The van der Waals surface area contributed by atoms with Crippen LogP contribution in [0.15, 0.2) is 12.1 Å². The van der Waals surface area contributed by atoms with Crippen LogP contribution in [-0.2, 0) is 0 Å². The molecule has 0 radical (unpaired) electrons. The summed E-state index contributed by atoms with van der Waals surface area (Å²) in [6, 6.07) is 4.34. The van der Waals surface area contributed by atoms with E-state index in [-0.39, 0.29) is 5.82 Å². The topological polar surface area (TPSA) is 12.0 Å². The maximum atomic E-state index is 13.9. The number of halogens is 1. The lowest BCUT2D eigenvalue weighted by Gasteiger charge is -2.22. The van der Waals surface area contributed by atoms with Crippen LogP contribution in [0.5, 0.6) is 0 Å². The van der Waals surface area contributed by atoms with Gasteiger partial charge in [-0.15, -0.1) is 0 Å². The van der Waals surface area contributed by atoms with Crippen LogP contribution in [0, 0.1) is 36.4 Å². The number of hydrogen-bond donors (Lipinski definition) is 1. The number of rotatable bonds is 4. The van der Waals surface area contributed by atoms with E-state index < -0.39 is 0 Å². The van der Waals surface area contributed by atoms with Crippen LogP contribution in [0.25, 0.3) is 0 Å². The molecule has 2 rings (SSSR count). The van der Waals surface area contributed by atoms with Crippen molar-refractivity contribution in [2.24, 2.45) is 16.7 Å². The molecule has 0 bridgehead atoms. The van der Waals surface area contributed by atoms with Gasteiger partial charge in [0.2, 0.25) is 0 Å². The van der Waals surface area contributed by atoms with Crippen molar-refractivity contribution in [1.29, 1.82) is 0 Å². The predicted molar refractivity (Wildman–Crippen MR) is 83.3 cm³/mol. The summed E-state index contributed by atoms with van der Waals surface area (Å²) >= 11 is 0. The van der Waals surface area contributed by atoms with E-state index in [2.05, 4.69) is 39.9 Å². The van der Waals surface area contributed by atoms with Gasteiger partial charge in [0.1, 0.15) is 5.82 Å². The Morgan fingerprint density at radius 2 is 1.55 bits per heavy atom. The number of aryl methyl sites for hydroxylation is 2. The van der Waals surface area contributed by atoms with E-state index in [1.165, 1.54) is 5.56 Å². The molecule has 1 fully saturated rings. The van der Waals surface area contributed by atoms with Crippen molar-refractivity contribution < 1.29 is 4.39 Å². The molecule has 2 heteroatoms. The summed E-state index contributed by atoms with van der Waals surface area (Å²) in [6.07, 6.45) is 0. The molecule has 1 unspecified atom stereocenters. The molecule has 1 nitrogen and oxygen atoms in total. The lowest BCUT2D eigenvalue weighted by Crippen LogP contribution is -2.25. The lowest BCUT2D eigenvalue weighted by molar-refractivity contribution is 0.417. The van der Waals surface area contributed by atoms with Gasteiger partial charge in [-0.05, 0) is 53.8 Å². The van der Waals surface area contributed by atoms with E-state index in [1.807, 2.05) is 26.0 Å². The molecule has 1 aliphatic carbocycles. The van der Waals surface area contributed by atoms with Crippen LogP contribution < -0.4 is 5.32 Å². The second-order valence-corrected chi connectivity index (χ2v) is 7.43. The fraction of sp³-hybridized carbons (Fsp3) is 0.667. The third-order valence-electron chi connectivity index (χ3n) is 5.71. The van der Waals surface area contributed by atoms with E-state index in [0.717, 1.165) is 17.7 Å². The average molecular weight is 277 g/mol. The smallest absolute Gasteiger partial charge is 0.129 e. The molecule has 0 saturated heterocycles. The Kier molecular flexibility index (Phi) is 3.75. The second kappa shape index (κ2) is 4.84. The summed E-state index contributed by atoms with van der Waals surface area (Å²) in [6.45, 7) is 16.1. The molecule has 0 aliphatic heterocycles. The highest BCUT2D eigenvalue weighted by Gasteiger charge is 2.67. The second-order valence-electron chi connectivity index (χ2n) is 7.43. The van der Waals surface area contributed by atoms with Crippen molar-refractivity contribution in [3.8, 4) is 0 Å². The normalized spacial score (nSPS) is 21.8. The van der Waals surface area contributed by atoms with Crippen LogP contribution in [-0.4, -0.2) is 6.54 Å². The molecule has 1 aromatic carbocycles. The van der Waals surface area contributed by atoms with Gasteiger partial charge in [-0.2, -0.15) is 0 Å². The van der Waals surface area contributed by atoms with E-state index in [1.54, 1.807) is 0 Å². The van der Waals surface area contributed by atoms with Crippen molar-refractivity contribution in [1.82, 2.24) is 5.32 Å². The number of nitrogens with one attached hydrogen (secondary N) is 1. The van der Waals surface area contributed by atoms with Gasteiger partial charge in [0.05, 0.1) is 0 Å². The molecule has 1 aliphatic rings. The molecule has 1 saturated carbocycles. The standard InChI is InChI=1S/C18H28FN/c1-8-20-15(16-17(4,5)18(16,6)7)13-9-11(2)14(19)12(3)10-13/h9-10,15-16,20H,8H2,1-7H3. The SMILES string of the molecule is CCNC(c1cc(C)c(F)c(C)c1)C1C(C)(C)C1(C)C.